The SMILES string of the molecule is CC1CCCC(N(C)c2ccncc2CNC(C)C)C1. The summed E-state index contributed by atoms with van der Waals surface area (Å²) in [6.45, 7) is 7.65. The van der Waals surface area contributed by atoms with Crippen molar-refractivity contribution in [2.75, 3.05) is 11.9 Å². The van der Waals surface area contributed by atoms with Crippen LogP contribution < -0.4 is 10.2 Å². The molecule has 1 aliphatic rings. The number of aromatic nitrogens is 1. The molecular weight excluding hydrogens is 246 g/mol. The van der Waals surface area contributed by atoms with Gasteiger partial charge in [0.05, 0.1) is 0 Å². The van der Waals surface area contributed by atoms with E-state index < -0.39 is 0 Å². The second kappa shape index (κ2) is 7.07. The Morgan fingerprint density at radius 3 is 2.90 bits per heavy atom. The summed E-state index contributed by atoms with van der Waals surface area (Å²) in [5.41, 5.74) is 2.65. The second-order valence-corrected chi connectivity index (χ2v) is 6.58. The van der Waals surface area contributed by atoms with Crippen molar-refractivity contribution >= 4 is 5.69 Å². The lowest BCUT2D eigenvalue weighted by atomic mass is 9.86. The molecule has 2 atom stereocenters. The van der Waals surface area contributed by atoms with E-state index in [1.165, 1.54) is 36.9 Å². The molecule has 1 aromatic rings. The van der Waals surface area contributed by atoms with Gasteiger partial charge in [0.15, 0.2) is 0 Å². The zero-order valence-corrected chi connectivity index (χ0v) is 13.4. The van der Waals surface area contributed by atoms with Crippen molar-refractivity contribution in [3.8, 4) is 0 Å². The molecule has 1 aliphatic carbocycles. The highest BCUT2D eigenvalue weighted by Crippen LogP contribution is 2.30. The van der Waals surface area contributed by atoms with E-state index in [1.54, 1.807) is 0 Å². The molecule has 0 aromatic carbocycles. The van der Waals surface area contributed by atoms with E-state index in [2.05, 4.69) is 49.1 Å². The number of hydrogen-bond donors (Lipinski definition) is 1. The van der Waals surface area contributed by atoms with Crippen molar-refractivity contribution in [3.05, 3.63) is 24.0 Å². The standard InChI is InChI=1S/C17H29N3/c1-13(2)19-12-15-11-18-9-8-17(15)20(4)16-7-5-6-14(3)10-16/h8-9,11,13-14,16,19H,5-7,10,12H2,1-4H3. The molecule has 1 fully saturated rings. The van der Waals surface area contributed by atoms with Gasteiger partial charge in [0, 0.05) is 49.3 Å². The van der Waals surface area contributed by atoms with E-state index in [4.69, 9.17) is 0 Å². The van der Waals surface area contributed by atoms with Gasteiger partial charge in [-0.15, -0.1) is 0 Å². The lowest BCUT2D eigenvalue weighted by Crippen LogP contribution is -2.36. The Morgan fingerprint density at radius 1 is 1.40 bits per heavy atom. The van der Waals surface area contributed by atoms with Gasteiger partial charge in [-0.2, -0.15) is 0 Å². The summed E-state index contributed by atoms with van der Waals surface area (Å²) in [5.74, 6) is 0.857. The fraction of sp³-hybridized carbons (Fsp3) is 0.706. The molecule has 20 heavy (non-hydrogen) atoms. The van der Waals surface area contributed by atoms with Crippen molar-refractivity contribution in [2.45, 2.75) is 65.1 Å². The Labute approximate surface area is 123 Å². The fourth-order valence-electron chi connectivity index (χ4n) is 3.16. The number of hydrogen-bond acceptors (Lipinski definition) is 3. The summed E-state index contributed by atoms with van der Waals surface area (Å²) >= 11 is 0. The molecule has 0 aliphatic heterocycles. The van der Waals surface area contributed by atoms with Crippen molar-refractivity contribution in [1.29, 1.82) is 0 Å². The third kappa shape index (κ3) is 3.95. The number of nitrogens with one attached hydrogen (secondary N) is 1. The first-order valence-corrected chi connectivity index (χ1v) is 7.97. The highest BCUT2D eigenvalue weighted by atomic mass is 15.1. The summed E-state index contributed by atoms with van der Waals surface area (Å²) in [5, 5.41) is 3.50. The van der Waals surface area contributed by atoms with E-state index in [9.17, 15) is 0 Å². The first-order chi connectivity index (χ1) is 9.58. The van der Waals surface area contributed by atoms with E-state index in [1.807, 2.05) is 12.4 Å². The minimum absolute atomic E-state index is 0.503. The van der Waals surface area contributed by atoms with Gasteiger partial charge in [0.25, 0.3) is 0 Å². The maximum Gasteiger partial charge on any atom is 0.0442 e. The largest absolute Gasteiger partial charge is 0.371 e. The molecule has 2 unspecified atom stereocenters. The third-order valence-electron chi connectivity index (χ3n) is 4.42. The fourth-order valence-corrected chi connectivity index (χ4v) is 3.16. The molecule has 0 spiro atoms. The number of nitrogens with zero attached hydrogens (tertiary/aromatic N) is 2. The first kappa shape index (κ1) is 15.3. The van der Waals surface area contributed by atoms with Gasteiger partial charge in [-0.3, -0.25) is 4.98 Å². The summed E-state index contributed by atoms with van der Waals surface area (Å²) < 4.78 is 0. The van der Waals surface area contributed by atoms with Gasteiger partial charge in [0.1, 0.15) is 0 Å². The molecule has 0 radical (unpaired) electrons. The number of anilines is 1. The predicted molar refractivity (Wildman–Crippen MR) is 86.0 cm³/mol. The van der Waals surface area contributed by atoms with Gasteiger partial charge in [0.2, 0.25) is 0 Å². The van der Waals surface area contributed by atoms with E-state index >= 15 is 0 Å². The Hall–Kier alpha value is -1.09. The zero-order chi connectivity index (χ0) is 14.5. The topological polar surface area (TPSA) is 28.2 Å². The smallest absolute Gasteiger partial charge is 0.0442 e. The Morgan fingerprint density at radius 2 is 2.20 bits per heavy atom. The summed E-state index contributed by atoms with van der Waals surface area (Å²) in [6, 6.07) is 3.35. The molecule has 3 heteroatoms. The van der Waals surface area contributed by atoms with Crippen molar-refractivity contribution in [2.24, 2.45) is 5.92 Å². The monoisotopic (exact) mass is 275 g/mol. The van der Waals surface area contributed by atoms with Crippen LogP contribution in [-0.4, -0.2) is 24.1 Å². The molecule has 112 valence electrons. The summed E-state index contributed by atoms with van der Waals surface area (Å²) in [6.07, 6.45) is 9.31. The van der Waals surface area contributed by atoms with E-state index in [0.29, 0.717) is 12.1 Å². The second-order valence-electron chi connectivity index (χ2n) is 6.58. The van der Waals surface area contributed by atoms with E-state index in [0.717, 1.165) is 12.5 Å². The molecule has 0 amide bonds. The maximum absolute atomic E-state index is 4.30. The Balaban J connectivity index is 2.10. The zero-order valence-electron chi connectivity index (χ0n) is 13.4. The molecule has 1 aromatic heterocycles. The summed E-state index contributed by atoms with van der Waals surface area (Å²) in [7, 11) is 2.25. The van der Waals surface area contributed by atoms with Crippen molar-refractivity contribution in [3.63, 3.8) is 0 Å². The molecule has 0 bridgehead atoms. The first-order valence-electron chi connectivity index (χ1n) is 7.97. The van der Waals surface area contributed by atoms with Gasteiger partial charge < -0.3 is 10.2 Å². The lowest BCUT2D eigenvalue weighted by molar-refractivity contribution is 0.336. The van der Waals surface area contributed by atoms with Crippen LogP contribution in [0.5, 0.6) is 0 Å². The molecule has 0 saturated heterocycles. The van der Waals surface area contributed by atoms with Crippen LogP contribution >= 0.6 is 0 Å². The molecule has 1 N–H and O–H groups in total. The number of pyridine rings is 1. The minimum Gasteiger partial charge on any atom is -0.371 e. The van der Waals surface area contributed by atoms with Crippen LogP contribution in [-0.2, 0) is 6.54 Å². The third-order valence-corrected chi connectivity index (χ3v) is 4.42. The number of rotatable bonds is 5. The van der Waals surface area contributed by atoms with Gasteiger partial charge in [-0.25, -0.2) is 0 Å². The molecule has 2 rings (SSSR count). The van der Waals surface area contributed by atoms with Gasteiger partial charge in [-0.05, 0) is 24.8 Å². The highest BCUT2D eigenvalue weighted by Gasteiger charge is 2.23. The van der Waals surface area contributed by atoms with E-state index in [-0.39, 0.29) is 0 Å². The van der Waals surface area contributed by atoms with Crippen LogP contribution in [0.3, 0.4) is 0 Å². The van der Waals surface area contributed by atoms with Crippen LogP contribution in [0.2, 0.25) is 0 Å². The van der Waals surface area contributed by atoms with Crippen LogP contribution in [0.1, 0.15) is 52.0 Å². The van der Waals surface area contributed by atoms with Crippen LogP contribution in [0.4, 0.5) is 5.69 Å². The molecule has 1 saturated carbocycles. The molecular formula is C17H29N3. The van der Waals surface area contributed by atoms with Gasteiger partial charge >= 0.3 is 0 Å². The highest BCUT2D eigenvalue weighted by molar-refractivity contribution is 5.52. The van der Waals surface area contributed by atoms with Crippen LogP contribution in [0.25, 0.3) is 0 Å². The Bertz CT molecular complexity index is 416. The quantitative estimate of drug-likeness (QED) is 0.890. The predicted octanol–water partition coefficient (Wildman–Crippen LogP) is 3.59. The van der Waals surface area contributed by atoms with Gasteiger partial charge in [-0.1, -0.05) is 33.6 Å². The molecule has 1 heterocycles. The van der Waals surface area contributed by atoms with Crippen LogP contribution in [0.15, 0.2) is 18.5 Å². The minimum atomic E-state index is 0.503. The lowest BCUT2D eigenvalue weighted by Gasteiger charge is -2.36. The van der Waals surface area contributed by atoms with Crippen molar-refractivity contribution in [1.82, 2.24) is 10.3 Å². The van der Waals surface area contributed by atoms with Crippen molar-refractivity contribution < 1.29 is 0 Å². The normalized spacial score (nSPS) is 23.1. The average Bonchev–Trinajstić information content (AvgIpc) is 2.44. The Kier molecular flexibility index (Phi) is 5.41. The average molecular weight is 275 g/mol. The summed E-state index contributed by atoms with van der Waals surface area (Å²) in [4.78, 5) is 6.78. The van der Waals surface area contributed by atoms with Crippen LogP contribution in [0, 0.1) is 5.92 Å². The molecule has 3 nitrogen and oxygen atoms in total. The maximum atomic E-state index is 4.30.